The molecule has 3 rings (SSSR count). The van der Waals surface area contributed by atoms with Crippen LogP contribution in [0.25, 0.3) is 5.57 Å². The first-order valence-electron chi connectivity index (χ1n) is 8.48. The van der Waals surface area contributed by atoms with E-state index in [0.29, 0.717) is 22.3 Å². The summed E-state index contributed by atoms with van der Waals surface area (Å²) in [5.41, 5.74) is 2.38. The van der Waals surface area contributed by atoms with Crippen LogP contribution in [0, 0.1) is 0 Å². The van der Waals surface area contributed by atoms with Crippen LogP contribution in [0.15, 0.2) is 48.5 Å². The van der Waals surface area contributed by atoms with Crippen molar-refractivity contribution in [3.05, 3.63) is 64.1 Å². The molecule has 0 radical (unpaired) electrons. The van der Waals surface area contributed by atoms with Crippen molar-refractivity contribution in [2.75, 3.05) is 26.2 Å². The molecule has 2 aromatic rings. The Labute approximate surface area is 163 Å². The Bertz CT molecular complexity index is 757. The molecule has 6 heteroatoms. The van der Waals surface area contributed by atoms with E-state index in [2.05, 4.69) is 11.0 Å². The average Bonchev–Trinajstić information content (AvgIpc) is 2.63. The van der Waals surface area contributed by atoms with E-state index in [0.717, 1.165) is 25.1 Å². The van der Waals surface area contributed by atoms with Gasteiger partial charge >= 0.3 is 0 Å². The summed E-state index contributed by atoms with van der Waals surface area (Å²) in [5, 5.41) is 20.5. The number of rotatable bonds is 6. The van der Waals surface area contributed by atoms with Crippen LogP contribution in [0.5, 0.6) is 11.5 Å². The highest BCUT2D eigenvalue weighted by molar-refractivity contribution is 6.37. The molecule has 1 unspecified atom stereocenters. The standard InChI is InChI=1S/C20H21Cl2NO3/c21-18-2-1-3-19(22)20(18)26-13-17(25)12-23-10-8-15(9-11-23)14-4-6-16(24)7-5-14/h1-8,17,24-25H,9-13H2. The normalized spacial score (nSPS) is 16.2. The quantitative estimate of drug-likeness (QED) is 0.770. The Morgan fingerprint density at radius 2 is 1.77 bits per heavy atom. The Kier molecular flexibility index (Phi) is 6.43. The minimum atomic E-state index is -0.633. The van der Waals surface area contributed by atoms with Gasteiger partial charge in [-0.25, -0.2) is 0 Å². The summed E-state index contributed by atoms with van der Waals surface area (Å²) >= 11 is 12.1. The number of aliphatic hydroxyl groups is 1. The molecule has 1 atom stereocenters. The number of halogens is 2. The summed E-state index contributed by atoms with van der Waals surface area (Å²) in [4.78, 5) is 2.17. The fraction of sp³-hybridized carbons (Fsp3) is 0.300. The summed E-state index contributed by atoms with van der Waals surface area (Å²) < 4.78 is 5.59. The monoisotopic (exact) mass is 393 g/mol. The topological polar surface area (TPSA) is 52.9 Å². The molecule has 0 saturated heterocycles. The maximum atomic E-state index is 10.3. The zero-order valence-corrected chi connectivity index (χ0v) is 15.7. The Morgan fingerprint density at radius 3 is 2.38 bits per heavy atom. The lowest BCUT2D eigenvalue weighted by Crippen LogP contribution is -2.38. The number of aliphatic hydroxyl groups excluding tert-OH is 1. The molecule has 0 spiro atoms. The maximum absolute atomic E-state index is 10.3. The molecule has 0 saturated carbocycles. The molecule has 2 aromatic carbocycles. The lowest BCUT2D eigenvalue weighted by atomic mass is 9.99. The lowest BCUT2D eigenvalue weighted by molar-refractivity contribution is 0.0717. The van der Waals surface area contributed by atoms with Gasteiger partial charge in [0.1, 0.15) is 18.5 Å². The van der Waals surface area contributed by atoms with Gasteiger partial charge in [0.05, 0.1) is 10.0 Å². The first-order chi connectivity index (χ1) is 12.5. The predicted octanol–water partition coefficient (Wildman–Crippen LogP) is 4.23. The van der Waals surface area contributed by atoms with E-state index in [9.17, 15) is 10.2 Å². The van der Waals surface area contributed by atoms with Gasteiger partial charge in [-0.3, -0.25) is 4.90 Å². The summed E-state index contributed by atoms with van der Waals surface area (Å²) in [6.07, 6.45) is 2.43. The minimum Gasteiger partial charge on any atom is -0.508 e. The summed E-state index contributed by atoms with van der Waals surface area (Å²) in [6.45, 7) is 2.27. The van der Waals surface area contributed by atoms with E-state index in [1.54, 1.807) is 30.3 Å². The van der Waals surface area contributed by atoms with Crippen LogP contribution in [0.3, 0.4) is 0 Å². The van der Waals surface area contributed by atoms with Gasteiger partial charge in [0.15, 0.2) is 5.75 Å². The van der Waals surface area contributed by atoms with Crippen LogP contribution in [-0.2, 0) is 0 Å². The predicted molar refractivity (Wildman–Crippen MR) is 105 cm³/mol. The van der Waals surface area contributed by atoms with Crippen LogP contribution < -0.4 is 4.74 Å². The molecule has 0 bridgehead atoms. The maximum Gasteiger partial charge on any atom is 0.156 e. The molecule has 26 heavy (non-hydrogen) atoms. The third-order valence-corrected chi connectivity index (χ3v) is 4.93. The zero-order valence-electron chi connectivity index (χ0n) is 14.2. The highest BCUT2D eigenvalue weighted by atomic mass is 35.5. The summed E-state index contributed by atoms with van der Waals surface area (Å²) in [5.74, 6) is 0.677. The van der Waals surface area contributed by atoms with Crippen LogP contribution >= 0.6 is 23.2 Å². The zero-order chi connectivity index (χ0) is 18.5. The van der Waals surface area contributed by atoms with E-state index >= 15 is 0 Å². The van der Waals surface area contributed by atoms with Crippen molar-refractivity contribution >= 4 is 28.8 Å². The van der Waals surface area contributed by atoms with E-state index in [1.807, 2.05) is 12.1 Å². The van der Waals surface area contributed by atoms with E-state index in [1.165, 1.54) is 5.57 Å². The number of benzene rings is 2. The van der Waals surface area contributed by atoms with Gasteiger partial charge in [0.2, 0.25) is 0 Å². The van der Waals surface area contributed by atoms with Crippen LogP contribution in [0.2, 0.25) is 10.0 Å². The molecule has 0 amide bonds. The molecule has 4 nitrogen and oxygen atoms in total. The number of phenols is 1. The van der Waals surface area contributed by atoms with Gasteiger partial charge < -0.3 is 14.9 Å². The highest BCUT2D eigenvalue weighted by Gasteiger charge is 2.17. The molecule has 2 N–H and O–H groups in total. The number of ether oxygens (including phenoxy) is 1. The third kappa shape index (κ3) is 4.92. The van der Waals surface area contributed by atoms with Crippen LogP contribution in [0.4, 0.5) is 0 Å². The molecule has 1 aliphatic heterocycles. The van der Waals surface area contributed by atoms with Crippen molar-refractivity contribution in [2.24, 2.45) is 0 Å². The third-order valence-electron chi connectivity index (χ3n) is 4.34. The van der Waals surface area contributed by atoms with Gasteiger partial charge in [0.25, 0.3) is 0 Å². The molecular weight excluding hydrogens is 373 g/mol. The van der Waals surface area contributed by atoms with E-state index in [4.69, 9.17) is 27.9 Å². The largest absolute Gasteiger partial charge is 0.508 e. The van der Waals surface area contributed by atoms with Gasteiger partial charge in [-0.1, -0.05) is 47.5 Å². The van der Waals surface area contributed by atoms with Gasteiger partial charge in [-0.05, 0) is 41.8 Å². The summed E-state index contributed by atoms with van der Waals surface area (Å²) in [7, 11) is 0. The number of phenolic OH excluding ortho intramolecular Hbond substituents is 1. The van der Waals surface area contributed by atoms with Gasteiger partial charge in [-0.2, -0.15) is 0 Å². The molecule has 0 aromatic heterocycles. The molecule has 0 fully saturated rings. The molecule has 0 aliphatic carbocycles. The first-order valence-corrected chi connectivity index (χ1v) is 9.24. The van der Waals surface area contributed by atoms with E-state index in [-0.39, 0.29) is 12.4 Å². The fourth-order valence-electron chi connectivity index (χ4n) is 2.97. The van der Waals surface area contributed by atoms with Crippen LogP contribution in [-0.4, -0.2) is 47.5 Å². The molecule has 138 valence electrons. The number of aromatic hydroxyl groups is 1. The van der Waals surface area contributed by atoms with Crippen molar-refractivity contribution in [1.82, 2.24) is 4.90 Å². The van der Waals surface area contributed by atoms with Crippen molar-refractivity contribution < 1.29 is 14.9 Å². The van der Waals surface area contributed by atoms with Gasteiger partial charge in [-0.15, -0.1) is 0 Å². The minimum absolute atomic E-state index is 0.133. The van der Waals surface area contributed by atoms with Crippen molar-refractivity contribution in [2.45, 2.75) is 12.5 Å². The Balaban J connectivity index is 1.50. The summed E-state index contributed by atoms with van der Waals surface area (Å²) in [6, 6.07) is 12.4. The smallest absolute Gasteiger partial charge is 0.156 e. The number of para-hydroxylation sites is 1. The Hall–Kier alpha value is -1.72. The molecular formula is C20H21Cl2NO3. The van der Waals surface area contributed by atoms with Gasteiger partial charge in [0, 0.05) is 19.6 Å². The molecule has 1 aliphatic rings. The average molecular weight is 394 g/mol. The number of β-amino-alcohol motifs (C(OH)–C–C–N with tert-alkyl or cyclic N) is 1. The number of hydrogen-bond donors (Lipinski definition) is 2. The number of hydrogen-bond acceptors (Lipinski definition) is 4. The fourth-order valence-corrected chi connectivity index (χ4v) is 3.47. The second-order valence-electron chi connectivity index (χ2n) is 6.30. The Morgan fingerprint density at radius 1 is 1.08 bits per heavy atom. The van der Waals surface area contributed by atoms with Crippen molar-refractivity contribution in [1.29, 1.82) is 0 Å². The van der Waals surface area contributed by atoms with Crippen molar-refractivity contribution in [3.63, 3.8) is 0 Å². The van der Waals surface area contributed by atoms with Crippen molar-refractivity contribution in [3.8, 4) is 11.5 Å². The SMILES string of the molecule is Oc1ccc(C2=CCN(CC(O)COc3c(Cl)cccc3Cl)CC2)cc1. The van der Waals surface area contributed by atoms with Crippen LogP contribution in [0.1, 0.15) is 12.0 Å². The number of nitrogens with zero attached hydrogens (tertiary/aromatic N) is 1. The lowest BCUT2D eigenvalue weighted by Gasteiger charge is -2.28. The second-order valence-corrected chi connectivity index (χ2v) is 7.12. The molecule has 1 heterocycles. The van der Waals surface area contributed by atoms with E-state index < -0.39 is 6.10 Å². The first kappa shape index (κ1) is 19.1. The highest BCUT2D eigenvalue weighted by Crippen LogP contribution is 2.32. The second kappa shape index (κ2) is 8.78.